The number of rotatable bonds is 8. The fourth-order valence-corrected chi connectivity index (χ4v) is 2.96. The molecule has 130 valence electrons. The van der Waals surface area contributed by atoms with Gasteiger partial charge in [0.15, 0.2) is 5.82 Å². The van der Waals surface area contributed by atoms with E-state index in [0.717, 1.165) is 57.8 Å². The van der Waals surface area contributed by atoms with Crippen molar-refractivity contribution in [3.63, 3.8) is 0 Å². The molecule has 1 aliphatic rings. The largest absolute Gasteiger partial charge is 0.340 e. The predicted octanol–water partition coefficient (Wildman–Crippen LogP) is 2.15. The summed E-state index contributed by atoms with van der Waals surface area (Å²) in [5.74, 6) is 2.37. The van der Waals surface area contributed by atoms with Gasteiger partial charge < -0.3 is 9.42 Å². The highest BCUT2D eigenvalue weighted by Gasteiger charge is 2.21. The maximum Gasteiger partial charge on any atom is 0.226 e. The minimum Gasteiger partial charge on any atom is -0.340 e. The lowest BCUT2D eigenvalue weighted by atomic mass is 10.1. The zero-order valence-electron chi connectivity index (χ0n) is 14.8. The van der Waals surface area contributed by atoms with Crippen molar-refractivity contribution in [1.82, 2.24) is 19.9 Å². The van der Waals surface area contributed by atoms with Gasteiger partial charge in [0.05, 0.1) is 0 Å². The van der Waals surface area contributed by atoms with E-state index in [-0.39, 0.29) is 5.91 Å². The van der Waals surface area contributed by atoms with Crippen LogP contribution in [0.5, 0.6) is 0 Å². The number of aryl methyl sites for hydroxylation is 2. The zero-order valence-corrected chi connectivity index (χ0v) is 14.8. The average molecular weight is 322 g/mol. The maximum atomic E-state index is 12.3. The molecule has 0 spiro atoms. The van der Waals surface area contributed by atoms with Crippen molar-refractivity contribution in [3.05, 3.63) is 11.7 Å². The Morgan fingerprint density at radius 2 is 1.96 bits per heavy atom. The van der Waals surface area contributed by atoms with Crippen LogP contribution in [0.25, 0.3) is 0 Å². The Morgan fingerprint density at radius 1 is 1.22 bits per heavy atom. The average Bonchev–Trinajstić information content (AvgIpc) is 2.95. The number of hydrogen-bond acceptors (Lipinski definition) is 5. The molecule has 1 saturated heterocycles. The Hall–Kier alpha value is -1.43. The topological polar surface area (TPSA) is 62.5 Å². The Labute approximate surface area is 139 Å². The number of carbonyl (C=O) groups excluding carboxylic acids is 1. The van der Waals surface area contributed by atoms with Gasteiger partial charge in [0.2, 0.25) is 11.8 Å². The van der Waals surface area contributed by atoms with E-state index in [0.29, 0.717) is 24.7 Å². The molecule has 0 saturated carbocycles. The summed E-state index contributed by atoms with van der Waals surface area (Å²) in [4.78, 5) is 21.0. The van der Waals surface area contributed by atoms with Crippen LogP contribution >= 0.6 is 0 Å². The molecular formula is C17H30N4O2. The minimum atomic E-state index is 0.252. The SMILES string of the molecule is CCCc1noc(CCCC(=O)N2CCN(CC(C)C)CC2)n1. The standard InChI is InChI=1S/C17H30N4O2/c1-4-6-15-18-16(23-19-15)7-5-8-17(22)21-11-9-20(10-12-21)13-14(2)3/h14H,4-13H2,1-3H3. The predicted molar refractivity (Wildman–Crippen MR) is 89.1 cm³/mol. The molecule has 0 aliphatic carbocycles. The second-order valence-corrected chi connectivity index (χ2v) is 6.78. The zero-order chi connectivity index (χ0) is 16.7. The second-order valence-electron chi connectivity index (χ2n) is 6.78. The van der Waals surface area contributed by atoms with Crippen LogP contribution in [-0.2, 0) is 17.6 Å². The molecule has 6 heteroatoms. The Bertz CT molecular complexity index is 479. The monoisotopic (exact) mass is 322 g/mol. The summed E-state index contributed by atoms with van der Waals surface area (Å²) in [6, 6.07) is 0. The van der Waals surface area contributed by atoms with Gasteiger partial charge in [-0.25, -0.2) is 0 Å². The number of hydrogen-bond donors (Lipinski definition) is 0. The van der Waals surface area contributed by atoms with Gasteiger partial charge in [0.1, 0.15) is 0 Å². The molecule has 23 heavy (non-hydrogen) atoms. The maximum absolute atomic E-state index is 12.3. The molecule has 0 N–H and O–H groups in total. The molecule has 1 fully saturated rings. The molecule has 1 aromatic rings. The third kappa shape index (κ3) is 5.94. The van der Waals surface area contributed by atoms with Crippen molar-refractivity contribution >= 4 is 5.91 Å². The summed E-state index contributed by atoms with van der Waals surface area (Å²) in [5.41, 5.74) is 0. The van der Waals surface area contributed by atoms with Crippen LogP contribution in [0.2, 0.25) is 0 Å². The van der Waals surface area contributed by atoms with E-state index >= 15 is 0 Å². The van der Waals surface area contributed by atoms with Gasteiger partial charge in [-0.15, -0.1) is 0 Å². The molecule has 1 amide bonds. The van der Waals surface area contributed by atoms with Gasteiger partial charge in [0, 0.05) is 52.0 Å². The van der Waals surface area contributed by atoms with Gasteiger partial charge in [-0.2, -0.15) is 4.98 Å². The van der Waals surface area contributed by atoms with E-state index in [1.807, 2.05) is 4.90 Å². The molecule has 0 atom stereocenters. The molecular weight excluding hydrogens is 292 g/mol. The lowest BCUT2D eigenvalue weighted by molar-refractivity contribution is -0.133. The molecule has 0 radical (unpaired) electrons. The third-order valence-electron chi connectivity index (χ3n) is 4.11. The summed E-state index contributed by atoms with van der Waals surface area (Å²) < 4.78 is 5.20. The number of carbonyl (C=O) groups is 1. The highest BCUT2D eigenvalue weighted by atomic mass is 16.5. The smallest absolute Gasteiger partial charge is 0.226 e. The first-order chi connectivity index (χ1) is 11.1. The number of amides is 1. The van der Waals surface area contributed by atoms with Crippen LogP contribution in [0.3, 0.4) is 0 Å². The van der Waals surface area contributed by atoms with Gasteiger partial charge in [-0.3, -0.25) is 9.69 Å². The van der Waals surface area contributed by atoms with Gasteiger partial charge in [-0.05, 0) is 18.8 Å². The highest BCUT2D eigenvalue weighted by molar-refractivity contribution is 5.76. The Kier molecular flexibility index (Phi) is 7.02. The van der Waals surface area contributed by atoms with Crippen LogP contribution < -0.4 is 0 Å². The lowest BCUT2D eigenvalue weighted by Crippen LogP contribution is -2.49. The van der Waals surface area contributed by atoms with Crippen molar-refractivity contribution in [2.75, 3.05) is 32.7 Å². The molecule has 2 rings (SSSR count). The summed E-state index contributed by atoms with van der Waals surface area (Å²) in [7, 11) is 0. The summed E-state index contributed by atoms with van der Waals surface area (Å²) in [6.07, 6.45) is 3.90. The molecule has 1 aromatic heterocycles. The molecule has 0 unspecified atom stereocenters. The molecule has 2 heterocycles. The van der Waals surface area contributed by atoms with Gasteiger partial charge in [0.25, 0.3) is 0 Å². The fraction of sp³-hybridized carbons (Fsp3) is 0.824. The molecule has 6 nitrogen and oxygen atoms in total. The second kappa shape index (κ2) is 9.01. The van der Waals surface area contributed by atoms with Crippen molar-refractivity contribution in [2.45, 2.75) is 52.9 Å². The Balaban J connectivity index is 1.65. The van der Waals surface area contributed by atoms with E-state index in [9.17, 15) is 4.79 Å². The van der Waals surface area contributed by atoms with Crippen molar-refractivity contribution in [2.24, 2.45) is 5.92 Å². The van der Waals surface area contributed by atoms with E-state index in [4.69, 9.17) is 4.52 Å². The first-order valence-electron chi connectivity index (χ1n) is 8.90. The van der Waals surface area contributed by atoms with Gasteiger partial charge in [-0.1, -0.05) is 25.9 Å². The van der Waals surface area contributed by atoms with E-state index in [2.05, 4.69) is 35.8 Å². The summed E-state index contributed by atoms with van der Waals surface area (Å²) >= 11 is 0. The summed E-state index contributed by atoms with van der Waals surface area (Å²) in [5, 5.41) is 3.94. The number of piperazine rings is 1. The summed E-state index contributed by atoms with van der Waals surface area (Å²) in [6.45, 7) is 11.4. The van der Waals surface area contributed by atoms with Crippen molar-refractivity contribution < 1.29 is 9.32 Å². The molecule has 1 aliphatic heterocycles. The normalized spacial score (nSPS) is 16.3. The van der Waals surface area contributed by atoms with Crippen LogP contribution in [0.1, 0.15) is 51.7 Å². The van der Waals surface area contributed by atoms with E-state index in [1.165, 1.54) is 0 Å². The Morgan fingerprint density at radius 3 is 2.61 bits per heavy atom. The number of nitrogens with zero attached hydrogens (tertiary/aromatic N) is 4. The molecule has 0 aromatic carbocycles. The lowest BCUT2D eigenvalue weighted by Gasteiger charge is -2.35. The first-order valence-corrected chi connectivity index (χ1v) is 8.90. The van der Waals surface area contributed by atoms with Crippen LogP contribution in [0.15, 0.2) is 4.52 Å². The van der Waals surface area contributed by atoms with Crippen molar-refractivity contribution in [1.29, 1.82) is 0 Å². The van der Waals surface area contributed by atoms with Crippen LogP contribution in [0.4, 0.5) is 0 Å². The number of aromatic nitrogens is 2. The fourth-order valence-electron chi connectivity index (χ4n) is 2.96. The first kappa shape index (κ1) is 17.9. The van der Waals surface area contributed by atoms with Crippen LogP contribution in [-0.4, -0.2) is 58.6 Å². The third-order valence-corrected chi connectivity index (χ3v) is 4.11. The van der Waals surface area contributed by atoms with Crippen molar-refractivity contribution in [3.8, 4) is 0 Å². The molecule has 0 bridgehead atoms. The quantitative estimate of drug-likeness (QED) is 0.734. The minimum absolute atomic E-state index is 0.252. The van der Waals surface area contributed by atoms with E-state index < -0.39 is 0 Å². The van der Waals surface area contributed by atoms with Gasteiger partial charge >= 0.3 is 0 Å². The van der Waals surface area contributed by atoms with Crippen LogP contribution in [0, 0.1) is 5.92 Å². The van der Waals surface area contributed by atoms with E-state index in [1.54, 1.807) is 0 Å². The highest BCUT2D eigenvalue weighted by Crippen LogP contribution is 2.09.